The molecule has 1 aliphatic heterocycles. The van der Waals surface area contributed by atoms with Crippen LogP contribution in [0.1, 0.15) is 18.9 Å². The van der Waals surface area contributed by atoms with E-state index >= 15 is 0 Å². The molecule has 0 aromatic heterocycles. The second-order valence-electron chi connectivity index (χ2n) is 6.56. The van der Waals surface area contributed by atoms with Crippen molar-refractivity contribution in [2.45, 2.75) is 30.4 Å². The highest BCUT2D eigenvalue weighted by atomic mass is 32.2. The van der Waals surface area contributed by atoms with E-state index in [0.29, 0.717) is 5.69 Å². The maximum absolute atomic E-state index is 13.1. The Kier molecular flexibility index (Phi) is 6.57. The molecule has 30 heavy (non-hydrogen) atoms. The number of thioether (sulfide) groups is 1. The Balaban J connectivity index is 1.77. The topological polar surface area (TPSA) is 95.9 Å². The normalized spacial score (nSPS) is 18.1. The van der Waals surface area contributed by atoms with E-state index in [1.807, 2.05) is 19.1 Å². The van der Waals surface area contributed by atoms with Gasteiger partial charge in [-0.3, -0.25) is 14.5 Å². The number of nitrogens with one attached hydrogen (secondary N) is 1. The summed E-state index contributed by atoms with van der Waals surface area (Å²) in [7, 11) is -4.13. The summed E-state index contributed by atoms with van der Waals surface area (Å²) in [5.74, 6) is -1.30. The van der Waals surface area contributed by atoms with E-state index in [9.17, 15) is 22.4 Å². The van der Waals surface area contributed by atoms with Gasteiger partial charge in [-0.15, -0.1) is 4.40 Å². The van der Waals surface area contributed by atoms with Crippen molar-refractivity contribution in [3.63, 3.8) is 0 Å². The molecule has 3 rings (SSSR count). The first-order valence-electron chi connectivity index (χ1n) is 9.15. The van der Waals surface area contributed by atoms with E-state index < -0.39 is 21.1 Å². The van der Waals surface area contributed by atoms with E-state index in [-0.39, 0.29) is 34.8 Å². The number of hydrogen-bond acceptors (Lipinski definition) is 5. The summed E-state index contributed by atoms with van der Waals surface area (Å²) in [6, 6.07) is 11.5. The van der Waals surface area contributed by atoms with Crippen LogP contribution >= 0.6 is 11.8 Å². The van der Waals surface area contributed by atoms with Gasteiger partial charge in [-0.25, -0.2) is 4.39 Å². The number of aryl methyl sites for hydroxylation is 1. The van der Waals surface area contributed by atoms with E-state index in [2.05, 4.69) is 9.71 Å². The van der Waals surface area contributed by atoms with Crippen LogP contribution < -0.4 is 5.32 Å². The molecule has 2 aromatic rings. The lowest BCUT2D eigenvalue weighted by atomic mass is 10.2. The molecular formula is C20H20FN3O4S2. The molecule has 1 saturated heterocycles. The van der Waals surface area contributed by atoms with E-state index in [1.165, 1.54) is 4.90 Å². The zero-order valence-corrected chi connectivity index (χ0v) is 18.0. The van der Waals surface area contributed by atoms with Crippen molar-refractivity contribution in [2.24, 2.45) is 4.40 Å². The summed E-state index contributed by atoms with van der Waals surface area (Å²) < 4.78 is 41.9. The van der Waals surface area contributed by atoms with Crippen LogP contribution in [0.2, 0.25) is 0 Å². The Morgan fingerprint density at radius 3 is 2.50 bits per heavy atom. The molecule has 1 atom stereocenters. The van der Waals surface area contributed by atoms with Crippen molar-refractivity contribution in [3.8, 4) is 0 Å². The second-order valence-corrected chi connectivity index (χ2v) is 9.33. The Morgan fingerprint density at radius 2 is 1.87 bits per heavy atom. The van der Waals surface area contributed by atoms with Gasteiger partial charge in [0.05, 0.1) is 4.90 Å². The molecule has 1 aliphatic rings. The minimum Gasteiger partial charge on any atom is -0.326 e. The van der Waals surface area contributed by atoms with Crippen LogP contribution in [0, 0.1) is 12.7 Å². The number of halogens is 1. The number of carbonyl (C=O) groups excluding carboxylic acids is 2. The van der Waals surface area contributed by atoms with Gasteiger partial charge in [0.15, 0.2) is 5.17 Å². The molecule has 2 aromatic carbocycles. The lowest BCUT2D eigenvalue weighted by molar-refractivity contribution is -0.128. The van der Waals surface area contributed by atoms with Crippen LogP contribution in [0.4, 0.5) is 10.1 Å². The van der Waals surface area contributed by atoms with Gasteiger partial charge in [-0.05, 0) is 49.7 Å². The standard InChI is InChI=1S/C20H20FN3O4S2/c1-3-24-19(26)17(12-18(25)22-16-7-5-4-6-13(16)2)29-20(24)23-30(27,28)15-10-8-14(21)9-11-15/h4-11,17H,3,12H2,1-2H3,(H,22,25)/b23-20+. The van der Waals surface area contributed by atoms with Gasteiger partial charge in [-0.2, -0.15) is 8.42 Å². The van der Waals surface area contributed by atoms with Gasteiger partial charge < -0.3 is 5.32 Å². The van der Waals surface area contributed by atoms with Crippen molar-refractivity contribution < 1.29 is 22.4 Å². The molecule has 1 heterocycles. The quantitative estimate of drug-likeness (QED) is 0.731. The fourth-order valence-corrected chi connectivity index (χ4v) is 5.26. The molecular weight excluding hydrogens is 429 g/mol. The van der Waals surface area contributed by atoms with E-state index in [1.54, 1.807) is 19.1 Å². The molecule has 2 amide bonds. The highest BCUT2D eigenvalue weighted by Crippen LogP contribution is 2.31. The average molecular weight is 450 g/mol. The first-order valence-corrected chi connectivity index (χ1v) is 11.5. The summed E-state index contributed by atoms with van der Waals surface area (Å²) in [4.78, 5) is 26.1. The molecule has 0 spiro atoms. The van der Waals surface area contributed by atoms with Crippen LogP contribution in [0.15, 0.2) is 57.8 Å². The zero-order chi connectivity index (χ0) is 21.9. The third-order valence-corrected chi connectivity index (χ3v) is 7.01. The highest BCUT2D eigenvalue weighted by Gasteiger charge is 2.39. The van der Waals surface area contributed by atoms with Gasteiger partial charge in [0.2, 0.25) is 11.8 Å². The molecule has 0 aliphatic carbocycles. The molecule has 10 heteroatoms. The predicted molar refractivity (Wildman–Crippen MR) is 114 cm³/mol. The summed E-state index contributed by atoms with van der Waals surface area (Å²) in [6.45, 7) is 3.75. The third kappa shape index (κ3) is 4.88. The van der Waals surface area contributed by atoms with Crippen molar-refractivity contribution in [3.05, 3.63) is 59.9 Å². The number of anilines is 1. The Morgan fingerprint density at radius 1 is 1.20 bits per heavy atom. The maximum atomic E-state index is 13.1. The fourth-order valence-electron chi connectivity index (χ4n) is 2.85. The van der Waals surface area contributed by atoms with Gasteiger partial charge in [0, 0.05) is 18.7 Å². The number of sulfonamides is 1. The molecule has 7 nitrogen and oxygen atoms in total. The number of amides is 2. The SMILES string of the molecule is CCN1C(=O)C(CC(=O)Nc2ccccc2C)S/C1=N/S(=O)(=O)c1ccc(F)cc1. The van der Waals surface area contributed by atoms with E-state index in [4.69, 9.17) is 0 Å². The number of amidine groups is 1. The average Bonchev–Trinajstić information content (AvgIpc) is 2.97. The van der Waals surface area contributed by atoms with Gasteiger partial charge in [-0.1, -0.05) is 30.0 Å². The summed E-state index contributed by atoms with van der Waals surface area (Å²) in [6.07, 6.45) is -0.121. The number of hydrogen-bond donors (Lipinski definition) is 1. The zero-order valence-electron chi connectivity index (χ0n) is 16.3. The van der Waals surface area contributed by atoms with Crippen LogP contribution in [0.5, 0.6) is 0 Å². The monoisotopic (exact) mass is 449 g/mol. The third-order valence-electron chi connectivity index (χ3n) is 4.44. The summed E-state index contributed by atoms with van der Waals surface area (Å²) >= 11 is 0.932. The second kappa shape index (κ2) is 8.97. The van der Waals surface area contributed by atoms with Gasteiger partial charge >= 0.3 is 0 Å². The fraction of sp³-hybridized carbons (Fsp3) is 0.250. The van der Waals surface area contributed by atoms with E-state index in [0.717, 1.165) is 41.6 Å². The molecule has 1 N–H and O–H groups in total. The van der Waals surface area contributed by atoms with Crippen LogP contribution in [0.25, 0.3) is 0 Å². The van der Waals surface area contributed by atoms with Crippen LogP contribution in [-0.4, -0.2) is 42.1 Å². The van der Waals surface area contributed by atoms with Crippen molar-refractivity contribution >= 4 is 44.5 Å². The number of benzene rings is 2. The summed E-state index contributed by atoms with van der Waals surface area (Å²) in [5.41, 5.74) is 1.54. The van der Waals surface area contributed by atoms with Crippen LogP contribution in [-0.2, 0) is 19.6 Å². The predicted octanol–water partition coefficient (Wildman–Crippen LogP) is 3.17. The molecule has 0 radical (unpaired) electrons. The van der Waals surface area contributed by atoms with Crippen molar-refractivity contribution in [1.82, 2.24) is 4.90 Å². The molecule has 1 fully saturated rings. The molecule has 158 valence electrons. The minimum atomic E-state index is -4.13. The largest absolute Gasteiger partial charge is 0.326 e. The van der Waals surface area contributed by atoms with Crippen LogP contribution in [0.3, 0.4) is 0 Å². The molecule has 0 saturated carbocycles. The molecule has 1 unspecified atom stereocenters. The Hall–Kier alpha value is -2.72. The minimum absolute atomic E-state index is 0.000478. The Labute approximate surface area is 178 Å². The first kappa shape index (κ1) is 22.0. The lowest BCUT2D eigenvalue weighted by Crippen LogP contribution is -2.33. The smallest absolute Gasteiger partial charge is 0.284 e. The summed E-state index contributed by atoms with van der Waals surface area (Å²) in [5, 5.41) is 1.99. The van der Waals surface area contributed by atoms with Crippen molar-refractivity contribution in [2.75, 3.05) is 11.9 Å². The highest BCUT2D eigenvalue weighted by molar-refractivity contribution is 8.16. The number of para-hydroxylation sites is 1. The molecule has 0 bridgehead atoms. The number of carbonyl (C=O) groups is 2. The van der Waals surface area contributed by atoms with Gasteiger partial charge in [0.25, 0.3) is 10.0 Å². The Bertz CT molecular complexity index is 1100. The maximum Gasteiger partial charge on any atom is 0.284 e. The first-order chi connectivity index (χ1) is 14.2. The van der Waals surface area contributed by atoms with Gasteiger partial charge in [0.1, 0.15) is 11.1 Å². The number of nitrogens with zero attached hydrogens (tertiary/aromatic N) is 2. The van der Waals surface area contributed by atoms with Crippen molar-refractivity contribution in [1.29, 1.82) is 0 Å². The lowest BCUT2D eigenvalue weighted by Gasteiger charge is -2.13. The number of rotatable bonds is 6.